The monoisotopic (exact) mass is 273 g/mol. The van der Waals surface area contributed by atoms with E-state index in [4.69, 9.17) is 0 Å². The Bertz CT molecular complexity index is 1010. The lowest BCUT2D eigenvalue weighted by Gasteiger charge is -2.07. The molecule has 0 atom stereocenters. The van der Waals surface area contributed by atoms with Gasteiger partial charge in [-0.2, -0.15) is 5.10 Å². The molecule has 0 saturated heterocycles. The molecule has 4 nitrogen and oxygen atoms in total. The Morgan fingerprint density at radius 1 is 0.857 bits per heavy atom. The SMILES string of the molecule is O=c1[nH]nc(-c2ccccc2)c2cnc3ccccc3c12. The number of aromatic nitrogens is 3. The molecule has 4 aromatic rings. The van der Waals surface area contributed by atoms with E-state index in [9.17, 15) is 4.79 Å². The number of pyridine rings is 1. The van der Waals surface area contributed by atoms with Gasteiger partial charge in [-0.1, -0.05) is 48.5 Å². The van der Waals surface area contributed by atoms with Gasteiger partial charge in [-0.15, -0.1) is 0 Å². The molecule has 0 aliphatic carbocycles. The molecule has 4 rings (SSSR count). The quantitative estimate of drug-likeness (QED) is 0.542. The number of aromatic amines is 1. The Labute approximate surface area is 120 Å². The van der Waals surface area contributed by atoms with Crippen molar-refractivity contribution in [2.45, 2.75) is 0 Å². The minimum Gasteiger partial charge on any atom is -0.267 e. The summed E-state index contributed by atoms with van der Waals surface area (Å²) in [6.07, 6.45) is 1.72. The zero-order valence-electron chi connectivity index (χ0n) is 11.1. The lowest BCUT2D eigenvalue weighted by molar-refractivity contribution is 1.02. The molecule has 1 N–H and O–H groups in total. The maximum Gasteiger partial charge on any atom is 0.272 e. The number of hydrogen-bond acceptors (Lipinski definition) is 3. The summed E-state index contributed by atoms with van der Waals surface area (Å²) >= 11 is 0. The summed E-state index contributed by atoms with van der Waals surface area (Å²) in [5.41, 5.74) is 2.31. The molecule has 2 aromatic heterocycles. The molecular weight excluding hydrogens is 262 g/mol. The lowest BCUT2D eigenvalue weighted by atomic mass is 10.0. The van der Waals surface area contributed by atoms with Crippen molar-refractivity contribution >= 4 is 21.7 Å². The number of nitrogens with zero attached hydrogens (tertiary/aromatic N) is 2. The van der Waals surface area contributed by atoms with Gasteiger partial charge in [0.2, 0.25) is 0 Å². The molecule has 2 aromatic carbocycles. The number of para-hydroxylation sites is 1. The molecule has 0 fully saturated rings. The molecule has 0 amide bonds. The van der Waals surface area contributed by atoms with E-state index in [-0.39, 0.29) is 5.56 Å². The zero-order chi connectivity index (χ0) is 14.2. The van der Waals surface area contributed by atoms with Crippen molar-refractivity contribution in [1.29, 1.82) is 0 Å². The summed E-state index contributed by atoms with van der Waals surface area (Å²) in [4.78, 5) is 16.7. The van der Waals surface area contributed by atoms with Crippen LogP contribution in [0.1, 0.15) is 0 Å². The molecule has 0 unspecified atom stereocenters. The zero-order valence-corrected chi connectivity index (χ0v) is 11.1. The highest BCUT2D eigenvalue weighted by molar-refractivity contribution is 6.08. The van der Waals surface area contributed by atoms with E-state index < -0.39 is 0 Å². The average molecular weight is 273 g/mol. The highest BCUT2D eigenvalue weighted by Crippen LogP contribution is 2.27. The van der Waals surface area contributed by atoms with Crippen LogP contribution >= 0.6 is 0 Å². The van der Waals surface area contributed by atoms with Crippen molar-refractivity contribution in [3.05, 3.63) is 71.1 Å². The molecule has 0 spiro atoms. The van der Waals surface area contributed by atoms with E-state index in [0.717, 1.165) is 27.5 Å². The third kappa shape index (κ3) is 1.80. The number of benzene rings is 2. The fourth-order valence-electron chi connectivity index (χ4n) is 2.60. The number of H-pyrrole nitrogens is 1. The van der Waals surface area contributed by atoms with Gasteiger partial charge in [0.05, 0.1) is 10.9 Å². The highest BCUT2D eigenvalue weighted by Gasteiger charge is 2.11. The number of rotatable bonds is 1. The standard InChI is InChI=1S/C17H11N3O/c21-17-15-12-8-4-5-9-14(12)18-10-13(15)16(19-20-17)11-6-2-1-3-7-11/h1-10H,(H,20,21). The first kappa shape index (κ1) is 11.8. The molecule has 21 heavy (non-hydrogen) atoms. The van der Waals surface area contributed by atoms with Crippen molar-refractivity contribution in [1.82, 2.24) is 15.2 Å². The van der Waals surface area contributed by atoms with E-state index in [1.165, 1.54) is 0 Å². The highest BCUT2D eigenvalue weighted by atomic mass is 16.1. The summed E-state index contributed by atoms with van der Waals surface area (Å²) in [5, 5.41) is 9.05. The molecule has 2 heterocycles. The van der Waals surface area contributed by atoms with Crippen LogP contribution in [0.2, 0.25) is 0 Å². The van der Waals surface area contributed by atoms with Gasteiger partial charge in [0.25, 0.3) is 5.56 Å². The van der Waals surface area contributed by atoms with Crippen LogP contribution in [0.4, 0.5) is 0 Å². The molecular formula is C17H11N3O. The van der Waals surface area contributed by atoms with E-state index in [1.54, 1.807) is 6.20 Å². The van der Waals surface area contributed by atoms with Crippen molar-refractivity contribution in [3.63, 3.8) is 0 Å². The maximum atomic E-state index is 12.2. The van der Waals surface area contributed by atoms with Gasteiger partial charge < -0.3 is 0 Å². The van der Waals surface area contributed by atoms with Gasteiger partial charge in [-0.05, 0) is 6.07 Å². The number of fused-ring (bicyclic) bond motifs is 3. The molecule has 4 heteroatoms. The van der Waals surface area contributed by atoms with E-state index >= 15 is 0 Å². The summed E-state index contributed by atoms with van der Waals surface area (Å²) in [7, 11) is 0. The van der Waals surface area contributed by atoms with Crippen LogP contribution in [0, 0.1) is 0 Å². The van der Waals surface area contributed by atoms with Crippen molar-refractivity contribution in [2.75, 3.05) is 0 Å². The smallest absolute Gasteiger partial charge is 0.267 e. The molecule has 0 aliphatic heterocycles. The minimum atomic E-state index is -0.191. The Morgan fingerprint density at radius 2 is 1.62 bits per heavy atom. The van der Waals surface area contributed by atoms with Crippen LogP contribution in [-0.2, 0) is 0 Å². The van der Waals surface area contributed by atoms with Crippen LogP contribution in [0.5, 0.6) is 0 Å². The Morgan fingerprint density at radius 3 is 2.48 bits per heavy atom. The van der Waals surface area contributed by atoms with Crippen LogP contribution < -0.4 is 5.56 Å². The number of hydrogen-bond donors (Lipinski definition) is 1. The van der Waals surface area contributed by atoms with Gasteiger partial charge in [0, 0.05) is 22.5 Å². The predicted octanol–water partition coefficient (Wildman–Crippen LogP) is 3.14. The molecule has 0 radical (unpaired) electrons. The van der Waals surface area contributed by atoms with Gasteiger partial charge in [-0.3, -0.25) is 9.78 Å². The first-order valence-corrected chi connectivity index (χ1v) is 6.66. The lowest BCUT2D eigenvalue weighted by Crippen LogP contribution is -2.10. The summed E-state index contributed by atoms with van der Waals surface area (Å²) in [6.45, 7) is 0. The number of nitrogens with one attached hydrogen (secondary N) is 1. The predicted molar refractivity (Wildman–Crippen MR) is 83.1 cm³/mol. The first-order valence-electron chi connectivity index (χ1n) is 6.66. The van der Waals surface area contributed by atoms with Gasteiger partial charge in [-0.25, -0.2) is 5.10 Å². The van der Waals surface area contributed by atoms with E-state index in [0.29, 0.717) is 5.39 Å². The van der Waals surface area contributed by atoms with Crippen LogP contribution in [0.25, 0.3) is 32.9 Å². The molecule has 100 valence electrons. The van der Waals surface area contributed by atoms with Crippen LogP contribution in [-0.4, -0.2) is 15.2 Å². The normalized spacial score (nSPS) is 11.0. The van der Waals surface area contributed by atoms with Crippen molar-refractivity contribution < 1.29 is 0 Å². The topological polar surface area (TPSA) is 58.6 Å². The van der Waals surface area contributed by atoms with Gasteiger partial charge in [0.1, 0.15) is 5.69 Å². The minimum absolute atomic E-state index is 0.191. The third-order valence-corrected chi connectivity index (χ3v) is 3.57. The molecule has 0 aliphatic rings. The van der Waals surface area contributed by atoms with Crippen molar-refractivity contribution in [3.8, 4) is 11.3 Å². The second-order valence-corrected chi connectivity index (χ2v) is 4.83. The van der Waals surface area contributed by atoms with E-state index in [2.05, 4.69) is 15.2 Å². The van der Waals surface area contributed by atoms with Crippen LogP contribution in [0.15, 0.2) is 65.6 Å². The summed E-state index contributed by atoms with van der Waals surface area (Å²) in [5.74, 6) is 0. The van der Waals surface area contributed by atoms with Crippen molar-refractivity contribution in [2.24, 2.45) is 0 Å². The van der Waals surface area contributed by atoms with Crippen LogP contribution in [0.3, 0.4) is 0 Å². The fourth-order valence-corrected chi connectivity index (χ4v) is 2.60. The van der Waals surface area contributed by atoms with E-state index in [1.807, 2.05) is 54.6 Å². The Hall–Kier alpha value is -3.01. The molecule has 0 bridgehead atoms. The second-order valence-electron chi connectivity index (χ2n) is 4.83. The molecule has 0 saturated carbocycles. The fraction of sp³-hybridized carbons (Fsp3) is 0. The third-order valence-electron chi connectivity index (χ3n) is 3.57. The summed E-state index contributed by atoms with van der Waals surface area (Å²) < 4.78 is 0. The maximum absolute atomic E-state index is 12.2. The summed E-state index contributed by atoms with van der Waals surface area (Å²) in [6, 6.07) is 17.4. The Kier molecular flexibility index (Phi) is 2.54. The first-order chi connectivity index (χ1) is 10.3. The second kappa shape index (κ2) is 4.52. The van der Waals surface area contributed by atoms with Gasteiger partial charge in [0.15, 0.2) is 0 Å². The van der Waals surface area contributed by atoms with Gasteiger partial charge >= 0.3 is 0 Å². The largest absolute Gasteiger partial charge is 0.272 e. The average Bonchev–Trinajstić information content (AvgIpc) is 2.55. The Balaban J connectivity index is 2.19.